The second kappa shape index (κ2) is 18.7. The number of fused-ring (bicyclic) bond motifs is 4. The summed E-state index contributed by atoms with van der Waals surface area (Å²) >= 11 is 12.2. The van der Waals surface area contributed by atoms with Gasteiger partial charge in [0.05, 0.1) is 27.9 Å². The number of rotatable bonds is 5. The number of nitrogens with one attached hydrogen (secondary N) is 2. The van der Waals surface area contributed by atoms with Gasteiger partial charge in [0.15, 0.2) is 0 Å². The van der Waals surface area contributed by atoms with Gasteiger partial charge in [0, 0.05) is 104 Å². The lowest BCUT2D eigenvalue weighted by Crippen LogP contribution is -2.13. The van der Waals surface area contributed by atoms with Crippen LogP contribution >= 0.6 is 23.2 Å². The summed E-state index contributed by atoms with van der Waals surface area (Å²) in [4.78, 5) is 34.9. The molecule has 4 aromatic heterocycles. The van der Waals surface area contributed by atoms with Gasteiger partial charge in [0.2, 0.25) is 0 Å². The Bertz CT molecular complexity index is 3520. The van der Waals surface area contributed by atoms with Crippen molar-refractivity contribution in [3.63, 3.8) is 0 Å². The predicted molar refractivity (Wildman–Crippen MR) is 260 cm³/mol. The number of anilines is 2. The number of aromatic hydroxyl groups is 2. The lowest BCUT2D eigenvalue weighted by atomic mass is 10.0. The van der Waals surface area contributed by atoms with E-state index in [0.717, 1.165) is 27.7 Å². The van der Waals surface area contributed by atoms with Gasteiger partial charge in [0.25, 0.3) is 11.8 Å². The smallest absolute Gasteiger partial charge is 0.256 e. The van der Waals surface area contributed by atoms with Crippen molar-refractivity contribution in [1.29, 1.82) is 0 Å². The molecule has 2 amide bonds. The number of benzene rings is 6. The van der Waals surface area contributed by atoms with Crippen molar-refractivity contribution in [2.24, 2.45) is 14.1 Å². The van der Waals surface area contributed by atoms with Crippen molar-refractivity contribution in [3.8, 4) is 22.8 Å². The van der Waals surface area contributed by atoms with Crippen LogP contribution < -0.4 is 10.6 Å². The second-order valence-corrected chi connectivity index (χ2v) is 16.5. The van der Waals surface area contributed by atoms with Gasteiger partial charge in [0.1, 0.15) is 23.1 Å². The SMILES string of the molecule is Cc1cc(C(=O)Nc2cccc(O)c2)c2cc(Cl)ccc2n1.Cc1cn(C)c2ccc(F)cc12.Cn1cc(-c2cc(C(=O)Nc3cccc(O)c3)c3cc(Cl)ccc3n2)c2cc(F)ccc21. The number of phenolic OH excluding ortho intramolecular Hbond substituents is 2. The van der Waals surface area contributed by atoms with Gasteiger partial charge < -0.3 is 30.0 Å². The molecule has 10 aromatic rings. The highest BCUT2D eigenvalue weighted by Crippen LogP contribution is 2.34. The minimum absolute atomic E-state index is 0.0453. The van der Waals surface area contributed by atoms with Crippen LogP contribution in [0.4, 0.5) is 20.2 Å². The van der Waals surface area contributed by atoms with E-state index < -0.39 is 0 Å². The summed E-state index contributed by atoms with van der Waals surface area (Å²) in [6, 6.07) is 36.0. The number of pyridine rings is 2. The van der Waals surface area contributed by atoms with E-state index in [1.807, 2.05) is 49.5 Å². The molecule has 6 aromatic carbocycles. The molecular formula is C52H40Cl2F2N6O4. The third-order valence-corrected chi connectivity index (χ3v) is 11.2. The van der Waals surface area contributed by atoms with E-state index in [-0.39, 0.29) is 34.9 Å². The lowest BCUT2D eigenvalue weighted by Gasteiger charge is -2.11. The van der Waals surface area contributed by atoms with Gasteiger partial charge in [-0.15, -0.1) is 0 Å². The molecule has 0 bridgehead atoms. The molecule has 330 valence electrons. The van der Waals surface area contributed by atoms with Gasteiger partial charge >= 0.3 is 0 Å². The number of hydrogen-bond donors (Lipinski definition) is 4. The van der Waals surface area contributed by atoms with Crippen LogP contribution in [0.5, 0.6) is 11.5 Å². The first kappa shape index (κ1) is 44.8. The molecule has 0 saturated heterocycles. The maximum absolute atomic E-state index is 14.0. The first-order valence-electron chi connectivity index (χ1n) is 20.4. The molecule has 0 aliphatic heterocycles. The zero-order valence-corrected chi connectivity index (χ0v) is 37.4. The number of nitrogens with zero attached hydrogens (tertiary/aromatic N) is 4. The predicted octanol–water partition coefficient (Wildman–Crippen LogP) is 12.9. The van der Waals surface area contributed by atoms with Gasteiger partial charge in [-0.25, -0.2) is 13.8 Å². The molecule has 0 aliphatic rings. The monoisotopic (exact) mass is 920 g/mol. The van der Waals surface area contributed by atoms with Crippen molar-refractivity contribution < 1.29 is 28.6 Å². The summed E-state index contributed by atoms with van der Waals surface area (Å²) in [5, 5.41) is 28.8. The third-order valence-electron chi connectivity index (χ3n) is 10.7. The number of halogens is 4. The quantitative estimate of drug-likeness (QED) is 0.136. The number of amides is 2. The van der Waals surface area contributed by atoms with Crippen molar-refractivity contribution in [1.82, 2.24) is 19.1 Å². The Kier molecular flexibility index (Phi) is 12.7. The van der Waals surface area contributed by atoms with E-state index in [9.17, 15) is 28.6 Å². The van der Waals surface area contributed by atoms with Crippen LogP contribution in [0, 0.1) is 25.5 Å². The summed E-state index contributed by atoms with van der Waals surface area (Å²) in [6.45, 7) is 3.82. The van der Waals surface area contributed by atoms with Crippen molar-refractivity contribution >= 4 is 90.0 Å². The van der Waals surface area contributed by atoms with E-state index in [1.165, 1.54) is 36.4 Å². The molecule has 0 spiro atoms. The van der Waals surface area contributed by atoms with Crippen LogP contribution in [-0.2, 0) is 14.1 Å². The summed E-state index contributed by atoms with van der Waals surface area (Å²) in [5.74, 6) is -1.03. The third kappa shape index (κ3) is 9.80. The molecule has 0 atom stereocenters. The molecule has 4 N–H and O–H groups in total. The highest BCUT2D eigenvalue weighted by Gasteiger charge is 2.19. The molecule has 0 aliphatic carbocycles. The van der Waals surface area contributed by atoms with Gasteiger partial charge in [-0.3, -0.25) is 14.6 Å². The summed E-state index contributed by atoms with van der Waals surface area (Å²) in [5.41, 5.74) is 8.18. The van der Waals surface area contributed by atoms with Crippen molar-refractivity contribution in [2.45, 2.75) is 13.8 Å². The highest BCUT2D eigenvalue weighted by atomic mass is 35.5. The Morgan fingerprint density at radius 1 is 0.561 bits per heavy atom. The van der Waals surface area contributed by atoms with E-state index >= 15 is 0 Å². The lowest BCUT2D eigenvalue weighted by molar-refractivity contribution is 0.102. The number of phenols is 2. The molecule has 66 heavy (non-hydrogen) atoms. The van der Waals surface area contributed by atoms with Crippen LogP contribution in [0.2, 0.25) is 10.0 Å². The normalized spacial score (nSPS) is 11.0. The van der Waals surface area contributed by atoms with Crippen LogP contribution in [0.3, 0.4) is 0 Å². The summed E-state index contributed by atoms with van der Waals surface area (Å²) in [6.07, 6.45) is 3.87. The average Bonchev–Trinajstić information content (AvgIpc) is 3.75. The van der Waals surface area contributed by atoms with E-state index in [1.54, 1.807) is 97.1 Å². The molecule has 10 rings (SSSR count). The molecule has 0 fully saturated rings. The maximum atomic E-state index is 14.0. The zero-order chi connectivity index (χ0) is 46.8. The Balaban J connectivity index is 0.000000150. The minimum Gasteiger partial charge on any atom is -0.508 e. The second-order valence-electron chi connectivity index (χ2n) is 15.6. The van der Waals surface area contributed by atoms with Gasteiger partial charge in [-0.05, 0) is 129 Å². The average molecular weight is 922 g/mol. The standard InChI is InChI=1S/C25H17ClFN3O2.C17H13ClN2O2.C10H10FN/c1-30-13-21(19-10-15(27)6-8-24(19)30)23-12-20(18-9-14(26)5-7-22(18)29-23)25(32)28-16-3-2-4-17(31)11-16;1-10-7-15(14-8-11(18)5-6-16(14)19-10)17(22)20-12-3-2-4-13(21)9-12;1-7-6-12(2)10-4-3-8(11)5-9(7)10/h2-13,31H,1H3,(H,28,32);2-9,21H,1H3,(H,20,22);3-6H,1-2H3. The zero-order valence-electron chi connectivity index (χ0n) is 35.9. The summed E-state index contributed by atoms with van der Waals surface area (Å²) < 4.78 is 30.7. The van der Waals surface area contributed by atoms with E-state index in [0.29, 0.717) is 71.0 Å². The molecule has 14 heteroatoms. The number of carbonyl (C=O) groups excluding carboxylic acids is 2. The minimum atomic E-state index is -0.377. The molecular weight excluding hydrogens is 882 g/mol. The molecule has 4 heterocycles. The first-order valence-corrected chi connectivity index (χ1v) is 21.2. The Labute approximate surface area is 387 Å². The maximum Gasteiger partial charge on any atom is 0.256 e. The van der Waals surface area contributed by atoms with Gasteiger partial charge in [-0.1, -0.05) is 35.3 Å². The van der Waals surface area contributed by atoms with Crippen molar-refractivity contribution in [2.75, 3.05) is 10.6 Å². The fraction of sp³-hybridized carbons (Fsp3) is 0.0769. The Hall–Kier alpha value is -7.80. The molecule has 0 saturated carbocycles. The first-order chi connectivity index (χ1) is 31.6. The number of aryl methyl sites for hydroxylation is 4. The fourth-order valence-electron chi connectivity index (χ4n) is 7.74. The largest absolute Gasteiger partial charge is 0.508 e. The van der Waals surface area contributed by atoms with Crippen LogP contribution in [0.1, 0.15) is 32.0 Å². The topological polar surface area (TPSA) is 134 Å². The molecule has 10 nitrogen and oxygen atoms in total. The van der Waals surface area contributed by atoms with E-state index in [2.05, 4.69) is 15.6 Å². The Morgan fingerprint density at radius 2 is 1.06 bits per heavy atom. The van der Waals surface area contributed by atoms with Crippen LogP contribution in [-0.4, -0.2) is 41.1 Å². The van der Waals surface area contributed by atoms with Crippen LogP contribution in [0.25, 0.3) is 54.9 Å². The van der Waals surface area contributed by atoms with Crippen LogP contribution in [0.15, 0.2) is 146 Å². The van der Waals surface area contributed by atoms with E-state index in [4.69, 9.17) is 28.2 Å². The van der Waals surface area contributed by atoms with Gasteiger partial charge in [-0.2, -0.15) is 0 Å². The number of aromatic nitrogens is 4. The van der Waals surface area contributed by atoms with Crippen molar-refractivity contribution in [3.05, 3.63) is 190 Å². The molecule has 0 unspecified atom stereocenters. The Morgan fingerprint density at radius 3 is 1.62 bits per heavy atom. The summed E-state index contributed by atoms with van der Waals surface area (Å²) in [7, 11) is 3.84. The fourth-order valence-corrected chi connectivity index (χ4v) is 8.08. The number of hydrogen-bond acceptors (Lipinski definition) is 6. The number of carbonyl (C=O) groups is 2. The molecule has 0 radical (unpaired) electrons. The highest BCUT2D eigenvalue weighted by molar-refractivity contribution is 6.32.